The quantitative estimate of drug-likeness (QED) is 0.847. The summed E-state index contributed by atoms with van der Waals surface area (Å²) in [5.74, 6) is 2.24. The van der Waals surface area contributed by atoms with Gasteiger partial charge in [0.1, 0.15) is 4.90 Å². The van der Waals surface area contributed by atoms with E-state index in [0.29, 0.717) is 23.2 Å². The maximum absolute atomic E-state index is 12.3. The second-order valence-electron chi connectivity index (χ2n) is 4.95. The van der Waals surface area contributed by atoms with Gasteiger partial charge in [0.05, 0.1) is 5.69 Å². The molecule has 1 aliphatic heterocycles. The molecule has 1 unspecified atom stereocenters. The molecule has 4 nitrogen and oxygen atoms in total. The molecule has 1 aromatic rings. The molecular weight excluding hydrogens is 292 g/mol. The molecule has 0 saturated carbocycles. The minimum atomic E-state index is -3.42. The van der Waals surface area contributed by atoms with Crippen molar-refractivity contribution in [1.29, 1.82) is 0 Å². The topological polar surface area (TPSA) is 58.2 Å². The van der Waals surface area contributed by atoms with Crippen molar-refractivity contribution in [2.24, 2.45) is 0 Å². The molecule has 2 rings (SSSR count). The molecule has 1 atom stereocenters. The largest absolute Gasteiger partial charge is 0.380 e. The molecule has 20 heavy (non-hydrogen) atoms. The fourth-order valence-corrected chi connectivity index (χ4v) is 4.58. The lowest BCUT2D eigenvalue weighted by Gasteiger charge is -2.24. The highest BCUT2D eigenvalue weighted by Gasteiger charge is 2.20. The number of sulfonamides is 1. The van der Waals surface area contributed by atoms with E-state index in [4.69, 9.17) is 0 Å². The van der Waals surface area contributed by atoms with Gasteiger partial charge in [-0.1, -0.05) is 19.1 Å². The Kier molecular flexibility index (Phi) is 5.74. The van der Waals surface area contributed by atoms with E-state index in [1.807, 2.05) is 30.8 Å². The van der Waals surface area contributed by atoms with Gasteiger partial charge in [0.2, 0.25) is 10.0 Å². The SMILES string of the molecule is CCCNS(=O)(=O)c1ccccc1NC1CCCSC1. The van der Waals surface area contributed by atoms with Gasteiger partial charge in [0.25, 0.3) is 0 Å². The average Bonchev–Trinajstić information content (AvgIpc) is 2.47. The fourth-order valence-electron chi connectivity index (χ4n) is 2.21. The van der Waals surface area contributed by atoms with E-state index in [1.165, 1.54) is 12.2 Å². The van der Waals surface area contributed by atoms with Crippen LogP contribution in [0.1, 0.15) is 26.2 Å². The summed E-state index contributed by atoms with van der Waals surface area (Å²) in [6.45, 7) is 2.42. The number of anilines is 1. The minimum absolute atomic E-state index is 0.351. The number of hydrogen-bond acceptors (Lipinski definition) is 4. The van der Waals surface area contributed by atoms with Crippen LogP contribution in [0, 0.1) is 0 Å². The van der Waals surface area contributed by atoms with Crippen molar-refractivity contribution in [1.82, 2.24) is 4.72 Å². The average molecular weight is 314 g/mol. The van der Waals surface area contributed by atoms with Crippen LogP contribution < -0.4 is 10.0 Å². The molecular formula is C14H22N2O2S2. The third kappa shape index (κ3) is 4.14. The molecule has 0 amide bonds. The monoisotopic (exact) mass is 314 g/mol. The summed E-state index contributed by atoms with van der Waals surface area (Å²) in [4.78, 5) is 0.351. The van der Waals surface area contributed by atoms with E-state index in [2.05, 4.69) is 10.0 Å². The summed E-state index contributed by atoms with van der Waals surface area (Å²) >= 11 is 1.92. The first-order chi connectivity index (χ1) is 9.63. The Morgan fingerprint density at radius 3 is 2.85 bits per heavy atom. The summed E-state index contributed by atoms with van der Waals surface area (Å²) in [5, 5.41) is 3.39. The van der Waals surface area contributed by atoms with E-state index in [-0.39, 0.29) is 0 Å². The first kappa shape index (κ1) is 15.7. The molecule has 1 heterocycles. The molecule has 112 valence electrons. The third-order valence-electron chi connectivity index (χ3n) is 3.24. The van der Waals surface area contributed by atoms with Crippen LogP contribution in [0.4, 0.5) is 5.69 Å². The van der Waals surface area contributed by atoms with E-state index in [1.54, 1.807) is 12.1 Å². The van der Waals surface area contributed by atoms with Gasteiger partial charge in [0, 0.05) is 18.3 Å². The summed E-state index contributed by atoms with van der Waals surface area (Å²) < 4.78 is 27.2. The number of thioether (sulfide) groups is 1. The second-order valence-corrected chi connectivity index (χ2v) is 7.84. The highest BCUT2D eigenvalue weighted by Crippen LogP contribution is 2.25. The first-order valence-electron chi connectivity index (χ1n) is 7.06. The first-order valence-corrected chi connectivity index (χ1v) is 9.70. The Labute approximate surface area is 125 Å². The van der Waals surface area contributed by atoms with Crippen molar-refractivity contribution >= 4 is 27.5 Å². The Hall–Kier alpha value is -0.720. The zero-order valence-electron chi connectivity index (χ0n) is 11.8. The van der Waals surface area contributed by atoms with E-state index < -0.39 is 10.0 Å². The third-order valence-corrected chi connectivity index (χ3v) is 5.97. The molecule has 1 fully saturated rings. The van der Waals surface area contributed by atoms with Crippen molar-refractivity contribution in [2.75, 3.05) is 23.4 Å². The lowest BCUT2D eigenvalue weighted by Crippen LogP contribution is -2.29. The fraction of sp³-hybridized carbons (Fsp3) is 0.571. The van der Waals surface area contributed by atoms with Crippen LogP contribution in [0.15, 0.2) is 29.2 Å². The van der Waals surface area contributed by atoms with Crippen LogP contribution in [0.2, 0.25) is 0 Å². The normalized spacial score (nSPS) is 19.8. The van der Waals surface area contributed by atoms with Crippen LogP contribution in [0.3, 0.4) is 0 Å². The Bertz CT molecular complexity index is 526. The van der Waals surface area contributed by atoms with Crippen LogP contribution >= 0.6 is 11.8 Å². The summed E-state index contributed by atoms with van der Waals surface area (Å²) in [6.07, 6.45) is 3.07. The van der Waals surface area contributed by atoms with Gasteiger partial charge >= 0.3 is 0 Å². The predicted octanol–water partition coefficient (Wildman–Crippen LogP) is 2.68. The van der Waals surface area contributed by atoms with E-state index in [0.717, 1.165) is 18.6 Å². The summed E-state index contributed by atoms with van der Waals surface area (Å²) in [5.41, 5.74) is 0.712. The molecule has 0 bridgehead atoms. The smallest absolute Gasteiger partial charge is 0.242 e. The molecule has 0 aliphatic carbocycles. The van der Waals surface area contributed by atoms with Crippen molar-refractivity contribution < 1.29 is 8.42 Å². The van der Waals surface area contributed by atoms with Gasteiger partial charge < -0.3 is 5.32 Å². The highest BCUT2D eigenvalue weighted by molar-refractivity contribution is 7.99. The van der Waals surface area contributed by atoms with Crippen molar-refractivity contribution in [3.8, 4) is 0 Å². The van der Waals surface area contributed by atoms with Crippen LogP contribution in [-0.2, 0) is 10.0 Å². The van der Waals surface area contributed by atoms with Gasteiger partial charge in [-0.05, 0) is 37.1 Å². The molecule has 1 saturated heterocycles. The van der Waals surface area contributed by atoms with Gasteiger partial charge in [-0.15, -0.1) is 0 Å². The molecule has 2 N–H and O–H groups in total. The highest BCUT2D eigenvalue weighted by atomic mass is 32.2. The van der Waals surface area contributed by atoms with Crippen molar-refractivity contribution in [3.05, 3.63) is 24.3 Å². The van der Waals surface area contributed by atoms with Gasteiger partial charge in [0.15, 0.2) is 0 Å². The minimum Gasteiger partial charge on any atom is -0.380 e. The number of hydrogen-bond donors (Lipinski definition) is 2. The number of nitrogens with one attached hydrogen (secondary N) is 2. The molecule has 0 radical (unpaired) electrons. The zero-order valence-corrected chi connectivity index (χ0v) is 13.4. The Morgan fingerprint density at radius 2 is 2.15 bits per heavy atom. The van der Waals surface area contributed by atoms with Crippen molar-refractivity contribution in [3.63, 3.8) is 0 Å². The summed E-state index contributed by atoms with van der Waals surface area (Å²) in [7, 11) is -3.42. The Morgan fingerprint density at radius 1 is 1.35 bits per heavy atom. The van der Waals surface area contributed by atoms with Crippen LogP contribution in [0.5, 0.6) is 0 Å². The van der Waals surface area contributed by atoms with Gasteiger partial charge in [-0.25, -0.2) is 13.1 Å². The molecule has 0 spiro atoms. The predicted molar refractivity (Wildman–Crippen MR) is 85.9 cm³/mol. The zero-order chi connectivity index (χ0) is 14.4. The van der Waals surface area contributed by atoms with Crippen LogP contribution in [0.25, 0.3) is 0 Å². The number of benzene rings is 1. The summed E-state index contributed by atoms with van der Waals surface area (Å²) in [6, 6.07) is 7.51. The molecule has 1 aromatic carbocycles. The number of para-hydroxylation sites is 1. The molecule has 0 aromatic heterocycles. The van der Waals surface area contributed by atoms with E-state index in [9.17, 15) is 8.42 Å². The van der Waals surface area contributed by atoms with Crippen molar-refractivity contribution in [2.45, 2.75) is 37.1 Å². The maximum Gasteiger partial charge on any atom is 0.242 e. The van der Waals surface area contributed by atoms with E-state index >= 15 is 0 Å². The Balaban J connectivity index is 2.17. The number of rotatable bonds is 6. The van der Waals surface area contributed by atoms with Gasteiger partial charge in [-0.2, -0.15) is 11.8 Å². The van der Waals surface area contributed by atoms with Crippen LogP contribution in [-0.4, -0.2) is 32.5 Å². The maximum atomic E-state index is 12.3. The molecule has 6 heteroatoms. The lowest BCUT2D eigenvalue weighted by molar-refractivity contribution is 0.580. The standard InChI is InChI=1S/C14H22N2O2S2/c1-2-9-15-20(17,18)14-8-4-3-7-13(14)16-12-6-5-10-19-11-12/h3-4,7-8,12,15-16H,2,5-6,9-11H2,1H3. The lowest BCUT2D eigenvalue weighted by atomic mass is 10.1. The van der Waals surface area contributed by atoms with Gasteiger partial charge in [-0.3, -0.25) is 0 Å². The second kappa shape index (κ2) is 7.33. The molecule has 1 aliphatic rings.